The van der Waals surface area contributed by atoms with Gasteiger partial charge in [-0.15, -0.1) is 0 Å². The van der Waals surface area contributed by atoms with Crippen LogP contribution >= 0.6 is 0 Å². The Hall–Kier alpha value is -2.02. The van der Waals surface area contributed by atoms with Crippen LogP contribution in [0.4, 0.5) is 8.78 Å². The smallest absolute Gasteiger partial charge is 0.257 e. The minimum atomic E-state index is -0.910. The highest BCUT2D eigenvalue weighted by Gasteiger charge is 2.24. The van der Waals surface area contributed by atoms with Crippen LogP contribution in [0.2, 0.25) is 0 Å². The SMILES string of the molecule is O=C(NCCNC(=O)C1CNC1)c1c(F)cccc1F. The molecule has 108 valence electrons. The zero-order valence-electron chi connectivity index (χ0n) is 10.7. The van der Waals surface area contributed by atoms with E-state index in [0.29, 0.717) is 13.1 Å². The number of rotatable bonds is 5. The number of nitrogens with one attached hydrogen (secondary N) is 3. The summed E-state index contributed by atoms with van der Waals surface area (Å²) in [6.45, 7) is 1.63. The number of benzene rings is 1. The molecule has 0 unspecified atom stereocenters. The van der Waals surface area contributed by atoms with Crippen molar-refractivity contribution in [2.75, 3.05) is 26.2 Å². The van der Waals surface area contributed by atoms with E-state index in [0.717, 1.165) is 12.1 Å². The predicted molar refractivity (Wildman–Crippen MR) is 68.1 cm³/mol. The summed E-state index contributed by atoms with van der Waals surface area (Å²) >= 11 is 0. The lowest BCUT2D eigenvalue weighted by atomic mass is 10.0. The largest absolute Gasteiger partial charge is 0.354 e. The fraction of sp³-hybridized carbons (Fsp3) is 0.385. The number of carbonyl (C=O) groups excluding carboxylic acids is 2. The third-order valence-corrected chi connectivity index (χ3v) is 3.05. The summed E-state index contributed by atoms with van der Waals surface area (Å²) in [6, 6.07) is 3.22. The van der Waals surface area contributed by atoms with Gasteiger partial charge < -0.3 is 16.0 Å². The van der Waals surface area contributed by atoms with Crippen molar-refractivity contribution in [1.82, 2.24) is 16.0 Å². The molecule has 1 aromatic rings. The molecule has 0 radical (unpaired) electrons. The molecule has 0 bridgehead atoms. The third-order valence-electron chi connectivity index (χ3n) is 3.05. The topological polar surface area (TPSA) is 70.2 Å². The van der Waals surface area contributed by atoms with Crippen LogP contribution in [0.5, 0.6) is 0 Å². The molecular formula is C13H15F2N3O2. The van der Waals surface area contributed by atoms with E-state index < -0.39 is 23.1 Å². The van der Waals surface area contributed by atoms with Gasteiger partial charge >= 0.3 is 0 Å². The summed E-state index contributed by atoms with van der Waals surface area (Å²) < 4.78 is 26.6. The van der Waals surface area contributed by atoms with Crippen LogP contribution in [0.25, 0.3) is 0 Å². The van der Waals surface area contributed by atoms with Gasteiger partial charge in [0.25, 0.3) is 5.91 Å². The minimum absolute atomic E-state index is 0.0327. The van der Waals surface area contributed by atoms with E-state index >= 15 is 0 Å². The number of hydrogen-bond donors (Lipinski definition) is 3. The molecule has 3 N–H and O–H groups in total. The Morgan fingerprint density at radius 1 is 1.15 bits per heavy atom. The number of hydrogen-bond acceptors (Lipinski definition) is 3. The normalized spacial score (nSPS) is 14.5. The number of amides is 2. The molecule has 20 heavy (non-hydrogen) atoms. The highest BCUT2D eigenvalue weighted by Crippen LogP contribution is 2.11. The summed E-state index contributed by atoms with van der Waals surface area (Å²) in [4.78, 5) is 23.1. The van der Waals surface area contributed by atoms with Crippen molar-refractivity contribution in [2.24, 2.45) is 5.92 Å². The Balaban J connectivity index is 1.76. The molecule has 1 aliphatic heterocycles. The lowest BCUT2D eigenvalue weighted by Crippen LogP contribution is -2.51. The quantitative estimate of drug-likeness (QED) is 0.668. The first-order valence-corrected chi connectivity index (χ1v) is 6.30. The number of halogens is 2. The first kappa shape index (κ1) is 14.4. The van der Waals surface area contributed by atoms with E-state index in [-0.39, 0.29) is 24.9 Å². The summed E-state index contributed by atoms with van der Waals surface area (Å²) in [6.07, 6.45) is 0. The Labute approximate surface area is 114 Å². The fourth-order valence-electron chi connectivity index (χ4n) is 1.78. The van der Waals surface area contributed by atoms with Gasteiger partial charge in [-0.3, -0.25) is 9.59 Å². The lowest BCUT2D eigenvalue weighted by Gasteiger charge is -2.25. The van der Waals surface area contributed by atoms with Crippen LogP contribution in [-0.4, -0.2) is 38.0 Å². The van der Waals surface area contributed by atoms with Crippen LogP contribution in [0.15, 0.2) is 18.2 Å². The first-order chi connectivity index (χ1) is 9.59. The molecule has 0 aliphatic carbocycles. The van der Waals surface area contributed by atoms with Gasteiger partial charge in [-0.25, -0.2) is 8.78 Å². The molecule has 1 saturated heterocycles. The van der Waals surface area contributed by atoms with Gasteiger partial charge in [0.1, 0.15) is 17.2 Å². The fourth-order valence-corrected chi connectivity index (χ4v) is 1.78. The predicted octanol–water partition coefficient (Wildman–Crippen LogP) is 0.0302. The van der Waals surface area contributed by atoms with Gasteiger partial charge in [0.05, 0.1) is 5.92 Å². The standard InChI is InChI=1S/C13H15F2N3O2/c14-9-2-1-3-10(15)11(9)13(20)18-5-4-17-12(19)8-6-16-7-8/h1-3,8,16H,4-7H2,(H,17,19)(H,18,20). The van der Waals surface area contributed by atoms with E-state index in [1.807, 2.05) is 0 Å². The zero-order chi connectivity index (χ0) is 14.5. The van der Waals surface area contributed by atoms with Crippen molar-refractivity contribution in [3.8, 4) is 0 Å². The van der Waals surface area contributed by atoms with Crippen molar-refractivity contribution in [3.05, 3.63) is 35.4 Å². The van der Waals surface area contributed by atoms with E-state index in [4.69, 9.17) is 0 Å². The number of carbonyl (C=O) groups is 2. The molecule has 1 heterocycles. The van der Waals surface area contributed by atoms with Gasteiger partial charge in [-0.05, 0) is 12.1 Å². The molecule has 1 aliphatic rings. The molecule has 0 saturated carbocycles. The van der Waals surface area contributed by atoms with Crippen molar-refractivity contribution in [1.29, 1.82) is 0 Å². The summed E-state index contributed by atoms with van der Waals surface area (Å²) in [7, 11) is 0. The summed E-state index contributed by atoms with van der Waals surface area (Å²) in [5.41, 5.74) is -0.609. The lowest BCUT2D eigenvalue weighted by molar-refractivity contribution is -0.126. The molecule has 0 aromatic heterocycles. The molecule has 5 nitrogen and oxygen atoms in total. The summed E-state index contributed by atoms with van der Waals surface area (Å²) in [5.74, 6) is -2.77. The van der Waals surface area contributed by atoms with E-state index in [1.165, 1.54) is 6.07 Å². The molecule has 0 spiro atoms. The van der Waals surface area contributed by atoms with Gasteiger partial charge in [0.2, 0.25) is 5.91 Å². The van der Waals surface area contributed by atoms with Crippen molar-refractivity contribution in [2.45, 2.75) is 0 Å². The van der Waals surface area contributed by atoms with E-state index in [1.54, 1.807) is 0 Å². The van der Waals surface area contributed by atoms with Crippen LogP contribution in [0, 0.1) is 17.6 Å². The highest BCUT2D eigenvalue weighted by molar-refractivity contribution is 5.94. The van der Waals surface area contributed by atoms with E-state index in [2.05, 4.69) is 16.0 Å². The summed E-state index contributed by atoms with van der Waals surface area (Å²) in [5, 5.41) is 7.97. The molecule has 2 amide bonds. The van der Waals surface area contributed by atoms with Crippen LogP contribution in [0.1, 0.15) is 10.4 Å². The maximum Gasteiger partial charge on any atom is 0.257 e. The molecule has 0 atom stereocenters. The molecule has 1 aromatic carbocycles. The van der Waals surface area contributed by atoms with Crippen LogP contribution in [-0.2, 0) is 4.79 Å². The van der Waals surface area contributed by atoms with Crippen molar-refractivity contribution in [3.63, 3.8) is 0 Å². The average molecular weight is 283 g/mol. The highest BCUT2D eigenvalue weighted by atomic mass is 19.1. The van der Waals surface area contributed by atoms with Gasteiger partial charge in [-0.1, -0.05) is 6.07 Å². The van der Waals surface area contributed by atoms with Crippen LogP contribution in [0.3, 0.4) is 0 Å². The minimum Gasteiger partial charge on any atom is -0.354 e. The van der Waals surface area contributed by atoms with E-state index in [9.17, 15) is 18.4 Å². The Morgan fingerprint density at radius 3 is 2.30 bits per heavy atom. The Bertz CT molecular complexity index is 498. The average Bonchev–Trinajstić information content (AvgIpc) is 2.32. The molecule has 1 fully saturated rings. The Kier molecular flexibility index (Phi) is 4.62. The molecule has 7 heteroatoms. The van der Waals surface area contributed by atoms with Crippen molar-refractivity contribution >= 4 is 11.8 Å². The van der Waals surface area contributed by atoms with Crippen molar-refractivity contribution < 1.29 is 18.4 Å². The maximum absolute atomic E-state index is 13.3. The van der Waals surface area contributed by atoms with Crippen LogP contribution < -0.4 is 16.0 Å². The Morgan fingerprint density at radius 2 is 1.75 bits per heavy atom. The van der Waals surface area contributed by atoms with Gasteiger partial charge in [0.15, 0.2) is 0 Å². The second-order valence-electron chi connectivity index (χ2n) is 4.50. The molecular weight excluding hydrogens is 268 g/mol. The third kappa shape index (κ3) is 3.30. The second kappa shape index (κ2) is 6.42. The first-order valence-electron chi connectivity index (χ1n) is 6.30. The van der Waals surface area contributed by atoms with Gasteiger partial charge in [-0.2, -0.15) is 0 Å². The monoisotopic (exact) mass is 283 g/mol. The second-order valence-corrected chi connectivity index (χ2v) is 4.50. The zero-order valence-corrected chi connectivity index (χ0v) is 10.7. The van der Waals surface area contributed by atoms with Gasteiger partial charge in [0, 0.05) is 26.2 Å². The molecule has 2 rings (SSSR count). The maximum atomic E-state index is 13.3.